The van der Waals surface area contributed by atoms with Gasteiger partial charge >= 0.3 is 17.1 Å². The quantitative estimate of drug-likeness (QED) is 0.373. The number of aliphatic hydroxyl groups excluding tert-OH is 1. The summed E-state index contributed by atoms with van der Waals surface area (Å²) in [6.07, 6.45) is 0. The maximum atomic E-state index is 8.24. The van der Waals surface area contributed by atoms with E-state index in [2.05, 4.69) is 0 Å². The Balaban J connectivity index is -0.0000000200. The van der Waals surface area contributed by atoms with Crippen LogP contribution in [0.4, 0.5) is 0 Å². The van der Waals surface area contributed by atoms with Crippen LogP contribution < -0.4 is 0 Å². The molecule has 0 atom stereocenters. The Kier molecular flexibility index (Phi) is 155. The standard InChI is InChI=1S/CHO2.Cu.H2N/c2-1-3;;/h(H,2,3);;1H2/q-1;+2;-1. The van der Waals surface area contributed by atoms with E-state index in [0.29, 0.717) is 6.47 Å². The Morgan fingerprint density at radius 3 is 1.60 bits per heavy atom. The molecule has 1 radical (unpaired) electrons. The summed E-state index contributed by atoms with van der Waals surface area (Å²) in [6, 6.07) is 0. The van der Waals surface area contributed by atoms with E-state index < -0.39 is 0 Å². The molecule has 0 aromatic heterocycles. The Bertz CT molecular complexity index is 17.1. The van der Waals surface area contributed by atoms with Gasteiger partial charge in [0.05, 0.1) is 0 Å². The molecule has 0 aromatic rings. The maximum Gasteiger partial charge on any atom is 2.00 e. The third-order valence-electron chi connectivity index (χ3n) is 0. The Morgan fingerprint density at radius 2 is 1.60 bits per heavy atom. The van der Waals surface area contributed by atoms with Crippen LogP contribution in [0.2, 0.25) is 0 Å². The Labute approximate surface area is 40.4 Å². The molecule has 0 rings (SSSR count). The van der Waals surface area contributed by atoms with Gasteiger partial charge in [0.25, 0.3) is 0 Å². The fourth-order valence-corrected chi connectivity index (χ4v) is 0. The van der Waals surface area contributed by atoms with Gasteiger partial charge in [0, 0.05) is 0 Å². The van der Waals surface area contributed by atoms with Gasteiger partial charge in [0.1, 0.15) is 0 Å². The fourth-order valence-electron chi connectivity index (χ4n) is 0. The summed E-state index contributed by atoms with van der Waals surface area (Å²) in [5, 5.41) is 6.76. The average Bonchev–Trinajstić information content (AvgIpc) is 0.918. The van der Waals surface area contributed by atoms with Crippen molar-refractivity contribution in [2.75, 3.05) is 0 Å². The number of hydrogen-bond donors (Lipinski definition) is 1. The molecule has 0 amide bonds. The van der Waals surface area contributed by atoms with Crippen LogP contribution in [-0.4, -0.2) is 11.6 Å². The topological polar surface area (TPSA) is 70.8 Å². The fraction of sp³-hybridized carbons (Fsp3) is 0. The van der Waals surface area contributed by atoms with Crippen molar-refractivity contribution in [2.45, 2.75) is 0 Å². The number of rotatable bonds is 0. The molecule has 0 fully saturated rings. The summed E-state index contributed by atoms with van der Waals surface area (Å²) in [7, 11) is 0. The molecule has 3 N–H and O–H groups in total. The molecule has 0 saturated heterocycles. The first kappa shape index (κ1) is 20.3. The van der Waals surface area contributed by atoms with Crippen molar-refractivity contribution in [3.8, 4) is 0 Å². The molecule has 0 spiro atoms. The smallest absolute Gasteiger partial charge is 0.693 e. The minimum absolute atomic E-state index is 0. The molecule has 5 heavy (non-hydrogen) atoms. The molecule has 35 valence electrons. The molecule has 4 heteroatoms. The van der Waals surface area contributed by atoms with E-state index in [0.717, 1.165) is 0 Å². The first-order valence-corrected chi connectivity index (χ1v) is 0.428. The van der Waals surface area contributed by atoms with Crippen LogP contribution in [0.1, 0.15) is 0 Å². The summed E-state index contributed by atoms with van der Waals surface area (Å²) in [4.78, 5) is 8.24. The molecule has 0 unspecified atom stereocenters. The van der Waals surface area contributed by atoms with Crippen LogP contribution in [-0.2, 0) is 21.9 Å². The Hall–Kier alpha value is -0.0505. The number of nitrogens with two attached hydrogens (primary N) is 1. The van der Waals surface area contributed by atoms with E-state index in [9.17, 15) is 0 Å². The van der Waals surface area contributed by atoms with Crippen LogP contribution in [0.15, 0.2) is 0 Å². The van der Waals surface area contributed by atoms with Gasteiger partial charge in [-0.25, -0.2) is 0 Å². The minimum atomic E-state index is 0. The summed E-state index contributed by atoms with van der Waals surface area (Å²) in [5.74, 6) is 0. The van der Waals surface area contributed by atoms with E-state index in [1.54, 1.807) is 0 Å². The van der Waals surface area contributed by atoms with E-state index in [-0.39, 0.29) is 23.2 Å². The van der Waals surface area contributed by atoms with Crippen molar-refractivity contribution in [1.29, 1.82) is 0 Å². The summed E-state index contributed by atoms with van der Waals surface area (Å²) in [6.45, 7) is 0.500. The SMILES string of the molecule is O=[C-]O.[Cu+2].[NH2-]. The van der Waals surface area contributed by atoms with Crippen molar-refractivity contribution in [1.82, 2.24) is 0 Å². The van der Waals surface area contributed by atoms with Gasteiger partial charge in [-0.2, -0.15) is 0 Å². The summed E-state index contributed by atoms with van der Waals surface area (Å²) < 4.78 is 0. The van der Waals surface area contributed by atoms with Crippen LogP contribution in [0.5, 0.6) is 0 Å². The first-order valence-electron chi connectivity index (χ1n) is 0.428. The van der Waals surface area contributed by atoms with Crippen molar-refractivity contribution >= 4 is 6.47 Å². The third kappa shape index (κ3) is 5880. The van der Waals surface area contributed by atoms with E-state index in [4.69, 9.17) is 9.90 Å². The number of hydrogen-bond acceptors (Lipinski definition) is 1. The van der Waals surface area contributed by atoms with Crippen molar-refractivity contribution in [3.05, 3.63) is 6.15 Å². The third-order valence-corrected chi connectivity index (χ3v) is 0. The summed E-state index contributed by atoms with van der Waals surface area (Å²) >= 11 is 0. The molecule has 0 aliphatic rings. The maximum absolute atomic E-state index is 8.24. The average molecular weight is 125 g/mol. The normalized spacial score (nSPS) is 2.40. The van der Waals surface area contributed by atoms with E-state index in [1.807, 2.05) is 0 Å². The van der Waals surface area contributed by atoms with Crippen molar-refractivity contribution in [2.24, 2.45) is 0 Å². The van der Waals surface area contributed by atoms with Crippen LogP contribution in [0.25, 0.3) is 6.15 Å². The minimum Gasteiger partial charge on any atom is -0.693 e. The second-order valence-corrected chi connectivity index (χ2v) is 0.0913. The molecule has 0 aliphatic carbocycles. The molecule has 0 bridgehead atoms. The first-order chi connectivity index (χ1) is 1.41. The van der Waals surface area contributed by atoms with Crippen molar-refractivity contribution < 1.29 is 27.0 Å². The van der Waals surface area contributed by atoms with E-state index in [1.165, 1.54) is 0 Å². The zero-order chi connectivity index (χ0) is 2.71. The largest absolute Gasteiger partial charge is 2.00 e. The zero-order valence-electron chi connectivity index (χ0n) is 2.23. The van der Waals surface area contributed by atoms with Crippen LogP contribution in [0.3, 0.4) is 0 Å². The molecule has 3 nitrogen and oxygen atoms in total. The predicted octanol–water partition coefficient (Wildman–Crippen LogP) is 0.326. The van der Waals surface area contributed by atoms with Gasteiger partial charge in [-0.3, -0.25) is 0 Å². The van der Waals surface area contributed by atoms with Crippen LogP contribution >= 0.6 is 0 Å². The predicted molar refractivity (Wildman–Crippen MR) is 13.6 cm³/mol. The van der Waals surface area contributed by atoms with Gasteiger partial charge < -0.3 is 16.1 Å². The second kappa shape index (κ2) is 38.1. The van der Waals surface area contributed by atoms with Crippen LogP contribution in [0, 0.1) is 0 Å². The van der Waals surface area contributed by atoms with Gasteiger partial charge in [0.2, 0.25) is 0 Å². The molecule has 0 heterocycles. The van der Waals surface area contributed by atoms with E-state index >= 15 is 0 Å². The zero-order valence-corrected chi connectivity index (χ0v) is 3.18. The van der Waals surface area contributed by atoms with Crippen molar-refractivity contribution in [3.63, 3.8) is 0 Å². The molecule has 0 aliphatic heterocycles. The Morgan fingerprint density at radius 1 is 1.60 bits per heavy atom. The van der Waals surface area contributed by atoms with Gasteiger partial charge in [0.15, 0.2) is 0 Å². The summed E-state index contributed by atoms with van der Waals surface area (Å²) in [5.41, 5.74) is 0. The molecular formula is CH3CuNO2. The molecule has 0 aromatic carbocycles. The van der Waals surface area contributed by atoms with Gasteiger partial charge in [-0.15, -0.1) is 0 Å². The molecular weight excluding hydrogens is 122 g/mol. The van der Waals surface area contributed by atoms with Gasteiger partial charge in [-0.1, -0.05) is 6.47 Å². The second-order valence-electron chi connectivity index (χ2n) is 0.0913. The molecule has 0 saturated carbocycles. The van der Waals surface area contributed by atoms with Gasteiger partial charge in [-0.05, 0) is 0 Å². The monoisotopic (exact) mass is 124 g/mol.